The van der Waals surface area contributed by atoms with Gasteiger partial charge in [0.25, 0.3) is 0 Å². The molecule has 1 fully saturated rings. The van der Waals surface area contributed by atoms with E-state index in [1.165, 1.54) is 24.0 Å². The van der Waals surface area contributed by atoms with Crippen LogP contribution in [0.3, 0.4) is 0 Å². The highest BCUT2D eigenvalue weighted by atomic mass is 35.5. The number of halogens is 1. The lowest BCUT2D eigenvalue weighted by atomic mass is 9.92. The number of aryl methyl sites for hydroxylation is 1. The van der Waals surface area contributed by atoms with Crippen LogP contribution in [0.25, 0.3) is 5.65 Å². The molecule has 4 nitrogen and oxygen atoms in total. The van der Waals surface area contributed by atoms with Crippen LogP contribution in [0.15, 0.2) is 36.7 Å². The standard InChI is InChI=1S/C16H13ClN4/c17-12-7-18-8-13-19-20-16(21(12)13)15-11-6-5-9-3-1-2-4-10(9)14(11)15/h1-4,7-8,11,14-15H,5-6H2. The molecule has 104 valence electrons. The third-order valence-electron chi connectivity index (χ3n) is 4.93. The summed E-state index contributed by atoms with van der Waals surface area (Å²) >= 11 is 6.29. The van der Waals surface area contributed by atoms with Gasteiger partial charge in [-0.1, -0.05) is 35.9 Å². The maximum Gasteiger partial charge on any atom is 0.180 e. The van der Waals surface area contributed by atoms with Gasteiger partial charge >= 0.3 is 0 Å². The summed E-state index contributed by atoms with van der Waals surface area (Å²) < 4.78 is 1.94. The highest BCUT2D eigenvalue weighted by Crippen LogP contribution is 2.64. The van der Waals surface area contributed by atoms with Gasteiger partial charge in [-0.05, 0) is 35.8 Å². The van der Waals surface area contributed by atoms with Crippen LogP contribution in [-0.2, 0) is 6.42 Å². The van der Waals surface area contributed by atoms with Gasteiger partial charge in [0.1, 0.15) is 11.0 Å². The molecule has 1 saturated carbocycles. The summed E-state index contributed by atoms with van der Waals surface area (Å²) in [7, 11) is 0. The Morgan fingerprint density at radius 3 is 2.95 bits per heavy atom. The van der Waals surface area contributed by atoms with E-state index in [4.69, 9.17) is 11.6 Å². The van der Waals surface area contributed by atoms with Gasteiger partial charge in [-0.2, -0.15) is 0 Å². The summed E-state index contributed by atoms with van der Waals surface area (Å²) in [5.41, 5.74) is 3.71. The number of fused-ring (bicyclic) bond motifs is 4. The summed E-state index contributed by atoms with van der Waals surface area (Å²) in [4.78, 5) is 4.08. The largest absolute Gasteiger partial charge is 0.266 e. The molecule has 21 heavy (non-hydrogen) atoms. The fourth-order valence-corrected chi connectivity index (χ4v) is 4.20. The van der Waals surface area contributed by atoms with Crippen molar-refractivity contribution in [3.63, 3.8) is 0 Å². The van der Waals surface area contributed by atoms with Crippen molar-refractivity contribution in [2.75, 3.05) is 0 Å². The lowest BCUT2D eigenvalue weighted by Crippen LogP contribution is -2.00. The smallest absolute Gasteiger partial charge is 0.180 e. The molecule has 0 aliphatic heterocycles. The first-order valence-corrected chi connectivity index (χ1v) is 7.65. The zero-order chi connectivity index (χ0) is 14.0. The van der Waals surface area contributed by atoms with Crippen LogP contribution in [0.5, 0.6) is 0 Å². The van der Waals surface area contributed by atoms with Crippen molar-refractivity contribution in [1.82, 2.24) is 19.6 Å². The second-order valence-corrected chi connectivity index (χ2v) is 6.32. The van der Waals surface area contributed by atoms with E-state index in [2.05, 4.69) is 39.4 Å². The predicted octanol–water partition coefficient (Wildman–Crippen LogP) is 3.22. The van der Waals surface area contributed by atoms with Crippen molar-refractivity contribution in [1.29, 1.82) is 0 Å². The van der Waals surface area contributed by atoms with Gasteiger partial charge in [-0.3, -0.25) is 9.38 Å². The van der Waals surface area contributed by atoms with Crippen LogP contribution in [0, 0.1) is 5.92 Å². The molecule has 3 atom stereocenters. The number of aromatic nitrogens is 4. The molecular weight excluding hydrogens is 284 g/mol. The van der Waals surface area contributed by atoms with Gasteiger partial charge < -0.3 is 0 Å². The first kappa shape index (κ1) is 11.7. The Morgan fingerprint density at radius 2 is 2.00 bits per heavy atom. The van der Waals surface area contributed by atoms with E-state index >= 15 is 0 Å². The van der Waals surface area contributed by atoms with Crippen molar-refractivity contribution in [3.05, 3.63) is 58.8 Å². The summed E-state index contributed by atoms with van der Waals surface area (Å²) in [5.74, 6) is 2.68. The first-order chi connectivity index (χ1) is 10.3. The maximum atomic E-state index is 6.29. The van der Waals surface area contributed by atoms with E-state index in [-0.39, 0.29) is 0 Å². The van der Waals surface area contributed by atoms with Crippen molar-refractivity contribution in [2.45, 2.75) is 24.7 Å². The minimum absolute atomic E-state index is 0.434. The minimum Gasteiger partial charge on any atom is -0.266 e. The van der Waals surface area contributed by atoms with Crippen LogP contribution in [0.4, 0.5) is 0 Å². The van der Waals surface area contributed by atoms with E-state index in [9.17, 15) is 0 Å². The van der Waals surface area contributed by atoms with Crippen LogP contribution in [0.2, 0.25) is 5.15 Å². The van der Waals surface area contributed by atoms with Crippen LogP contribution in [0.1, 0.15) is 35.2 Å². The van der Waals surface area contributed by atoms with Gasteiger partial charge in [0.15, 0.2) is 5.65 Å². The van der Waals surface area contributed by atoms with E-state index in [0.29, 0.717) is 22.9 Å². The van der Waals surface area contributed by atoms with Crippen molar-refractivity contribution < 1.29 is 0 Å². The van der Waals surface area contributed by atoms with Crippen molar-refractivity contribution in [3.8, 4) is 0 Å². The number of nitrogens with zero attached hydrogens (tertiary/aromatic N) is 4. The number of benzene rings is 1. The summed E-state index contributed by atoms with van der Waals surface area (Å²) in [6.07, 6.45) is 5.76. The van der Waals surface area contributed by atoms with Crippen molar-refractivity contribution in [2.24, 2.45) is 5.92 Å². The Labute approximate surface area is 126 Å². The van der Waals surface area contributed by atoms with Crippen LogP contribution >= 0.6 is 11.6 Å². The van der Waals surface area contributed by atoms with Crippen molar-refractivity contribution >= 4 is 17.2 Å². The molecule has 3 aromatic rings. The third kappa shape index (κ3) is 1.54. The molecule has 2 aliphatic carbocycles. The average Bonchev–Trinajstić information content (AvgIpc) is 3.10. The molecule has 5 heteroatoms. The van der Waals surface area contributed by atoms with E-state index in [0.717, 1.165) is 11.5 Å². The van der Waals surface area contributed by atoms with Gasteiger partial charge in [0, 0.05) is 5.92 Å². The van der Waals surface area contributed by atoms with Crippen LogP contribution in [-0.4, -0.2) is 19.6 Å². The highest BCUT2D eigenvalue weighted by molar-refractivity contribution is 6.29. The molecule has 2 aliphatic rings. The summed E-state index contributed by atoms with van der Waals surface area (Å²) in [6, 6.07) is 8.78. The van der Waals surface area contributed by atoms with Gasteiger partial charge in [0.2, 0.25) is 0 Å². The Balaban J connectivity index is 1.64. The fourth-order valence-electron chi connectivity index (χ4n) is 3.97. The molecular formula is C16H13ClN4. The Hall–Kier alpha value is -1.94. The lowest BCUT2D eigenvalue weighted by molar-refractivity contribution is 0.653. The lowest BCUT2D eigenvalue weighted by Gasteiger charge is -2.13. The molecule has 0 radical (unpaired) electrons. The summed E-state index contributed by atoms with van der Waals surface area (Å²) in [6.45, 7) is 0. The molecule has 0 spiro atoms. The predicted molar refractivity (Wildman–Crippen MR) is 79.5 cm³/mol. The molecule has 0 amide bonds. The molecule has 5 rings (SSSR count). The van der Waals surface area contributed by atoms with E-state index in [1.54, 1.807) is 12.4 Å². The maximum absolute atomic E-state index is 6.29. The van der Waals surface area contributed by atoms with Gasteiger partial charge in [-0.15, -0.1) is 10.2 Å². The molecule has 3 unspecified atom stereocenters. The van der Waals surface area contributed by atoms with Crippen LogP contribution < -0.4 is 0 Å². The normalized spacial score (nSPS) is 26.4. The first-order valence-electron chi connectivity index (χ1n) is 7.27. The van der Waals surface area contributed by atoms with Gasteiger partial charge in [-0.25, -0.2) is 0 Å². The molecule has 0 saturated heterocycles. The molecule has 1 aromatic carbocycles. The number of hydrogen-bond acceptors (Lipinski definition) is 3. The Morgan fingerprint density at radius 1 is 1.10 bits per heavy atom. The quantitative estimate of drug-likeness (QED) is 0.692. The third-order valence-corrected chi connectivity index (χ3v) is 5.19. The summed E-state index contributed by atoms with van der Waals surface area (Å²) in [5, 5.41) is 9.21. The SMILES string of the molecule is Clc1cncc2nnc(C3C4CCc5ccccc5C43)n12. The van der Waals surface area contributed by atoms with Gasteiger partial charge in [0.05, 0.1) is 12.4 Å². The topological polar surface area (TPSA) is 43.1 Å². The fraction of sp³-hybridized carbons (Fsp3) is 0.312. The molecule has 2 aromatic heterocycles. The monoisotopic (exact) mass is 296 g/mol. The highest BCUT2D eigenvalue weighted by Gasteiger charge is 2.56. The average molecular weight is 297 g/mol. The minimum atomic E-state index is 0.434. The molecule has 2 heterocycles. The zero-order valence-corrected chi connectivity index (χ0v) is 12.0. The second kappa shape index (κ2) is 4.04. The number of hydrogen-bond donors (Lipinski definition) is 0. The second-order valence-electron chi connectivity index (χ2n) is 5.93. The Kier molecular flexibility index (Phi) is 2.25. The Bertz CT molecular complexity index is 856. The van der Waals surface area contributed by atoms with E-state index in [1.807, 2.05) is 4.40 Å². The zero-order valence-electron chi connectivity index (χ0n) is 11.3. The molecule has 0 N–H and O–H groups in total. The molecule has 0 bridgehead atoms. The number of rotatable bonds is 1. The van der Waals surface area contributed by atoms with E-state index < -0.39 is 0 Å².